The minimum Gasteiger partial charge on any atom is -0.481 e. The number of ether oxygens (including phenoxy) is 1. The van der Waals surface area contributed by atoms with Crippen LogP contribution in [0.5, 0.6) is 0 Å². The average molecular weight is 390 g/mol. The van der Waals surface area contributed by atoms with Gasteiger partial charge in [-0.3, -0.25) is 14.5 Å². The van der Waals surface area contributed by atoms with Gasteiger partial charge in [0.05, 0.1) is 42.9 Å². The van der Waals surface area contributed by atoms with Crippen LogP contribution in [0.1, 0.15) is 39.7 Å². The third kappa shape index (κ3) is 4.65. The number of aliphatic hydroxyl groups is 1. The molecule has 2 heterocycles. The first-order chi connectivity index (χ1) is 13.4. The van der Waals surface area contributed by atoms with E-state index >= 15 is 0 Å². The van der Waals surface area contributed by atoms with Gasteiger partial charge in [0.2, 0.25) is 5.91 Å². The van der Waals surface area contributed by atoms with E-state index in [1.807, 2.05) is 20.8 Å². The summed E-state index contributed by atoms with van der Waals surface area (Å²) in [4.78, 5) is 30.6. The molecule has 2 aliphatic heterocycles. The van der Waals surface area contributed by atoms with Crippen molar-refractivity contribution in [2.24, 2.45) is 10.9 Å². The van der Waals surface area contributed by atoms with Crippen molar-refractivity contribution >= 4 is 17.7 Å². The minimum atomic E-state index is -0.811. The van der Waals surface area contributed by atoms with Gasteiger partial charge in [0.25, 0.3) is 5.91 Å². The molecule has 2 unspecified atom stereocenters. The molecular formula is C21H27FN2O4. The Morgan fingerprint density at radius 1 is 1.29 bits per heavy atom. The predicted octanol–water partition coefficient (Wildman–Crippen LogP) is 2.85. The summed E-state index contributed by atoms with van der Waals surface area (Å²) in [6.45, 7) is 7.68. The number of aliphatic imine (C=N–C) groups is 1. The lowest BCUT2D eigenvalue weighted by Crippen LogP contribution is -2.46. The maximum absolute atomic E-state index is 13.2. The van der Waals surface area contributed by atoms with Gasteiger partial charge < -0.3 is 9.84 Å². The Balaban J connectivity index is 0.00000136. The van der Waals surface area contributed by atoms with Crippen LogP contribution >= 0.6 is 0 Å². The van der Waals surface area contributed by atoms with Crippen LogP contribution < -0.4 is 0 Å². The number of benzene rings is 1. The van der Waals surface area contributed by atoms with E-state index in [-0.39, 0.29) is 24.7 Å². The predicted molar refractivity (Wildman–Crippen MR) is 104 cm³/mol. The molecule has 0 bridgehead atoms. The third-order valence-electron chi connectivity index (χ3n) is 4.39. The number of carbonyl (C=O) groups is 2. The smallest absolute Gasteiger partial charge is 0.259 e. The van der Waals surface area contributed by atoms with E-state index in [9.17, 15) is 19.1 Å². The highest BCUT2D eigenvalue weighted by atomic mass is 19.1. The SMILES string of the molecule is CC.CCOC1=NC2=C(C(=O)N(CC(C)O)C(=O)C2)C1Cc1ccc(F)cc1. The second kappa shape index (κ2) is 9.59. The van der Waals surface area contributed by atoms with Gasteiger partial charge in [0.15, 0.2) is 5.90 Å². The summed E-state index contributed by atoms with van der Waals surface area (Å²) < 4.78 is 18.8. The van der Waals surface area contributed by atoms with Gasteiger partial charge in [0, 0.05) is 0 Å². The van der Waals surface area contributed by atoms with E-state index in [4.69, 9.17) is 4.74 Å². The summed E-state index contributed by atoms with van der Waals surface area (Å²) in [5.74, 6) is -1.17. The molecule has 1 N–H and O–H groups in total. The lowest BCUT2D eigenvalue weighted by Gasteiger charge is -2.28. The summed E-state index contributed by atoms with van der Waals surface area (Å²) in [7, 11) is 0. The van der Waals surface area contributed by atoms with Crippen LogP contribution in [0.15, 0.2) is 40.5 Å². The number of hydrogen-bond donors (Lipinski definition) is 1. The Hall–Kier alpha value is -2.54. The van der Waals surface area contributed by atoms with Gasteiger partial charge in [-0.1, -0.05) is 26.0 Å². The standard InChI is InChI=1S/C19H21FN2O4.C2H6/c1-3-26-18-14(8-12-4-6-13(20)7-5-12)17-15(21-18)9-16(24)22(19(17)25)10-11(2)23;1-2/h4-7,11,14,23H,3,8-10H2,1-2H3;1-2H3. The van der Waals surface area contributed by atoms with E-state index in [1.165, 1.54) is 19.1 Å². The van der Waals surface area contributed by atoms with Gasteiger partial charge >= 0.3 is 0 Å². The van der Waals surface area contributed by atoms with Crippen LogP contribution in [0.2, 0.25) is 0 Å². The Bertz CT molecular complexity index is 784. The monoisotopic (exact) mass is 390 g/mol. The number of rotatable bonds is 5. The van der Waals surface area contributed by atoms with Crippen LogP contribution in [0.3, 0.4) is 0 Å². The summed E-state index contributed by atoms with van der Waals surface area (Å²) in [5.41, 5.74) is 1.69. The Morgan fingerprint density at radius 2 is 1.93 bits per heavy atom. The van der Waals surface area contributed by atoms with Gasteiger partial charge in [-0.15, -0.1) is 0 Å². The molecule has 0 fully saturated rings. The zero-order valence-corrected chi connectivity index (χ0v) is 16.7. The largest absolute Gasteiger partial charge is 0.481 e. The van der Waals surface area contributed by atoms with E-state index in [0.29, 0.717) is 30.2 Å². The summed E-state index contributed by atoms with van der Waals surface area (Å²) >= 11 is 0. The van der Waals surface area contributed by atoms with Crippen molar-refractivity contribution < 1.29 is 23.8 Å². The number of amides is 2. The highest BCUT2D eigenvalue weighted by Crippen LogP contribution is 2.36. The third-order valence-corrected chi connectivity index (χ3v) is 4.39. The quantitative estimate of drug-likeness (QED) is 0.784. The van der Waals surface area contributed by atoms with Crippen molar-refractivity contribution in [1.29, 1.82) is 0 Å². The highest BCUT2D eigenvalue weighted by molar-refractivity contribution is 6.13. The fourth-order valence-electron chi connectivity index (χ4n) is 3.28. The number of β-amino-alcohol motifs (C(OH)–C–C–N with tert-alkyl or cyclic N) is 1. The van der Waals surface area contributed by atoms with Gasteiger partial charge in [-0.2, -0.15) is 0 Å². The van der Waals surface area contributed by atoms with Crippen molar-refractivity contribution in [1.82, 2.24) is 4.90 Å². The second-order valence-corrected chi connectivity index (χ2v) is 6.46. The van der Waals surface area contributed by atoms with Crippen LogP contribution in [0.25, 0.3) is 0 Å². The summed E-state index contributed by atoms with van der Waals surface area (Å²) in [6, 6.07) is 6.04. The Labute approximate surface area is 164 Å². The van der Waals surface area contributed by atoms with Crippen molar-refractivity contribution in [3.63, 3.8) is 0 Å². The first kappa shape index (κ1) is 21.8. The number of nitrogens with zero attached hydrogens (tertiary/aromatic N) is 2. The fourth-order valence-corrected chi connectivity index (χ4v) is 3.28. The van der Waals surface area contributed by atoms with E-state index in [1.54, 1.807) is 12.1 Å². The highest BCUT2D eigenvalue weighted by Gasteiger charge is 2.43. The first-order valence-corrected chi connectivity index (χ1v) is 9.62. The topological polar surface area (TPSA) is 79.2 Å². The zero-order valence-electron chi connectivity index (χ0n) is 16.7. The number of aliphatic hydroxyl groups excluding tert-OH is 1. The fraction of sp³-hybridized carbons (Fsp3) is 0.476. The van der Waals surface area contributed by atoms with Gasteiger partial charge in [-0.05, 0) is 38.0 Å². The lowest BCUT2D eigenvalue weighted by molar-refractivity contribution is -0.145. The zero-order chi connectivity index (χ0) is 20.8. The molecule has 2 aliphatic rings. The number of imide groups is 1. The van der Waals surface area contributed by atoms with Gasteiger partial charge in [-0.25, -0.2) is 9.38 Å². The van der Waals surface area contributed by atoms with Crippen molar-refractivity contribution in [2.45, 2.75) is 46.6 Å². The van der Waals surface area contributed by atoms with Gasteiger partial charge in [0.1, 0.15) is 5.82 Å². The molecule has 1 aromatic carbocycles. The molecule has 0 saturated heterocycles. The summed E-state index contributed by atoms with van der Waals surface area (Å²) in [6.07, 6.45) is -0.390. The number of hydrogen-bond acceptors (Lipinski definition) is 5. The lowest BCUT2D eigenvalue weighted by atomic mass is 9.89. The molecule has 0 aromatic heterocycles. The van der Waals surface area contributed by atoms with Crippen LogP contribution in [-0.2, 0) is 20.7 Å². The second-order valence-electron chi connectivity index (χ2n) is 6.46. The molecule has 0 aliphatic carbocycles. The normalized spacial score (nSPS) is 19.7. The summed E-state index contributed by atoms with van der Waals surface area (Å²) in [5, 5.41) is 9.59. The maximum Gasteiger partial charge on any atom is 0.259 e. The molecule has 2 amide bonds. The van der Waals surface area contributed by atoms with E-state index in [2.05, 4.69) is 4.99 Å². The molecule has 7 heteroatoms. The Kier molecular flexibility index (Phi) is 7.45. The molecule has 0 radical (unpaired) electrons. The molecule has 0 saturated carbocycles. The average Bonchev–Trinajstić information content (AvgIpc) is 2.99. The molecule has 1 aromatic rings. The number of halogens is 1. The van der Waals surface area contributed by atoms with Crippen molar-refractivity contribution in [2.75, 3.05) is 13.2 Å². The maximum atomic E-state index is 13.2. The van der Waals surface area contributed by atoms with E-state index < -0.39 is 17.9 Å². The first-order valence-electron chi connectivity index (χ1n) is 9.62. The molecule has 0 spiro atoms. The van der Waals surface area contributed by atoms with E-state index in [0.717, 1.165) is 10.5 Å². The van der Waals surface area contributed by atoms with Crippen LogP contribution in [0.4, 0.5) is 4.39 Å². The molecular weight excluding hydrogens is 363 g/mol. The molecule has 6 nitrogen and oxygen atoms in total. The molecule has 28 heavy (non-hydrogen) atoms. The van der Waals surface area contributed by atoms with Crippen LogP contribution in [-0.4, -0.2) is 47.0 Å². The molecule has 2 atom stereocenters. The minimum absolute atomic E-state index is 0.00425. The molecule has 152 valence electrons. The number of carbonyl (C=O) groups excluding carboxylic acids is 2. The van der Waals surface area contributed by atoms with Crippen molar-refractivity contribution in [3.8, 4) is 0 Å². The van der Waals surface area contributed by atoms with Crippen molar-refractivity contribution in [3.05, 3.63) is 46.9 Å². The molecule has 3 rings (SSSR count). The Morgan fingerprint density at radius 3 is 2.50 bits per heavy atom. The van der Waals surface area contributed by atoms with Crippen LogP contribution in [0, 0.1) is 11.7 Å².